The van der Waals surface area contributed by atoms with Gasteiger partial charge >= 0.3 is 0 Å². The molecule has 2 atom stereocenters. The second-order valence-corrected chi connectivity index (χ2v) is 12.4. The van der Waals surface area contributed by atoms with E-state index in [4.69, 9.17) is 8.85 Å². The molecule has 0 saturated carbocycles. The Hall–Kier alpha value is -0.166. The minimum Gasteiger partial charge on any atom is -0.420 e. The van der Waals surface area contributed by atoms with Gasteiger partial charge in [-0.2, -0.15) is 0 Å². The van der Waals surface area contributed by atoms with Crippen LogP contribution in [0.3, 0.4) is 0 Å². The van der Waals surface area contributed by atoms with Crippen LogP contribution in [-0.2, 0) is 8.85 Å². The van der Waals surface area contributed by atoms with Gasteiger partial charge in [0.1, 0.15) is 0 Å². The van der Waals surface area contributed by atoms with Gasteiger partial charge in [0.15, 0.2) is 9.04 Å². The zero-order chi connectivity index (χ0) is 13.7. The average molecular weight is 297 g/mol. The topological polar surface area (TPSA) is 18.5 Å². The molecular formula is C15H28O2Si2. The van der Waals surface area contributed by atoms with E-state index < -0.39 is 17.4 Å². The third-order valence-electron chi connectivity index (χ3n) is 4.66. The van der Waals surface area contributed by atoms with Crippen molar-refractivity contribution in [1.29, 1.82) is 0 Å². The number of allylic oxidation sites excluding steroid dienone is 3. The first-order valence-electron chi connectivity index (χ1n) is 7.76. The van der Waals surface area contributed by atoms with E-state index in [1.54, 1.807) is 0 Å². The van der Waals surface area contributed by atoms with Crippen molar-refractivity contribution in [3.05, 3.63) is 23.0 Å². The van der Waals surface area contributed by atoms with Gasteiger partial charge in [-0.1, -0.05) is 29.3 Å². The highest BCUT2D eigenvalue weighted by molar-refractivity contribution is 6.88. The quantitative estimate of drug-likeness (QED) is 0.733. The Balaban J connectivity index is 2.06. The van der Waals surface area contributed by atoms with Crippen LogP contribution in [0.4, 0.5) is 0 Å². The molecule has 2 aliphatic rings. The molecule has 0 spiro atoms. The van der Waals surface area contributed by atoms with Crippen LogP contribution in [0.1, 0.15) is 39.5 Å². The van der Waals surface area contributed by atoms with Crippen LogP contribution in [-0.4, -0.2) is 30.6 Å². The van der Waals surface area contributed by atoms with Gasteiger partial charge < -0.3 is 8.85 Å². The molecule has 2 nitrogen and oxygen atoms in total. The summed E-state index contributed by atoms with van der Waals surface area (Å²) in [6.45, 7) is 10.8. The summed E-state index contributed by atoms with van der Waals surface area (Å²) in [7, 11) is -2.88. The first-order valence-corrected chi connectivity index (χ1v) is 12.0. The molecule has 0 aliphatic carbocycles. The largest absolute Gasteiger partial charge is 0.420 e. The van der Waals surface area contributed by atoms with E-state index in [1.807, 2.05) is 0 Å². The second kappa shape index (κ2) is 7.02. The van der Waals surface area contributed by atoms with Crippen molar-refractivity contribution < 1.29 is 8.85 Å². The Morgan fingerprint density at radius 1 is 1.26 bits per heavy atom. The van der Waals surface area contributed by atoms with Gasteiger partial charge in [-0.05, 0) is 44.8 Å². The minimum absolute atomic E-state index is 0.934. The molecule has 2 fully saturated rings. The molecule has 19 heavy (non-hydrogen) atoms. The van der Waals surface area contributed by atoms with Crippen LogP contribution in [0.5, 0.6) is 0 Å². The molecule has 0 aromatic rings. The lowest BCUT2D eigenvalue weighted by molar-refractivity contribution is 0.275. The number of rotatable bonds is 4. The maximum Gasteiger partial charge on any atom is 0.246 e. The third kappa shape index (κ3) is 3.48. The lowest BCUT2D eigenvalue weighted by Crippen LogP contribution is -2.46. The van der Waals surface area contributed by atoms with Crippen molar-refractivity contribution in [2.45, 2.75) is 57.7 Å². The normalized spacial score (nSPS) is 33.2. The van der Waals surface area contributed by atoms with Crippen molar-refractivity contribution >= 4 is 17.4 Å². The highest BCUT2D eigenvalue weighted by atomic mass is 28.4. The van der Waals surface area contributed by atoms with E-state index in [0.29, 0.717) is 0 Å². The molecule has 2 saturated heterocycles. The summed E-state index contributed by atoms with van der Waals surface area (Å²) in [5.74, 6) is 0. The molecule has 4 heteroatoms. The van der Waals surface area contributed by atoms with Crippen LogP contribution in [0, 0.1) is 0 Å². The summed E-state index contributed by atoms with van der Waals surface area (Å²) < 4.78 is 12.4. The Labute approximate surface area is 120 Å². The number of hydrogen-bond donors (Lipinski definition) is 0. The smallest absolute Gasteiger partial charge is 0.246 e. The molecule has 0 bridgehead atoms. The van der Waals surface area contributed by atoms with E-state index in [0.717, 1.165) is 19.3 Å². The zero-order valence-corrected chi connectivity index (χ0v) is 14.7. The number of hydrogen-bond acceptors (Lipinski definition) is 2. The van der Waals surface area contributed by atoms with Gasteiger partial charge in [0.05, 0.1) is 0 Å². The van der Waals surface area contributed by atoms with E-state index >= 15 is 0 Å². The van der Waals surface area contributed by atoms with Crippen molar-refractivity contribution in [3.63, 3.8) is 0 Å². The van der Waals surface area contributed by atoms with E-state index in [2.05, 4.69) is 26.5 Å². The first-order chi connectivity index (χ1) is 9.19. The summed E-state index contributed by atoms with van der Waals surface area (Å²) in [4.78, 5) is 0. The summed E-state index contributed by atoms with van der Waals surface area (Å²) in [5, 5.41) is 2.89. The van der Waals surface area contributed by atoms with Gasteiger partial charge in [-0.15, -0.1) is 6.58 Å². The molecule has 2 unspecified atom stereocenters. The Morgan fingerprint density at radius 2 is 2.05 bits per heavy atom. The van der Waals surface area contributed by atoms with Gasteiger partial charge in [0.2, 0.25) is 8.32 Å². The van der Waals surface area contributed by atoms with Crippen LogP contribution in [0.25, 0.3) is 0 Å². The van der Waals surface area contributed by atoms with Crippen molar-refractivity contribution in [1.82, 2.24) is 0 Å². The van der Waals surface area contributed by atoms with Crippen molar-refractivity contribution in [2.24, 2.45) is 0 Å². The van der Waals surface area contributed by atoms with Crippen LogP contribution < -0.4 is 0 Å². The molecule has 2 aliphatic heterocycles. The lowest BCUT2D eigenvalue weighted by atomic mass is 10.4. The molecule has 2 rings (SSSR count). The van der Waals surface area contributed by atoms with E-state index in [9.17, 15) is 0 Å². The summed E-state index contributed by atoms with van der Waals surface area (Å²) in [6, 6.07) is 3.72. The highest BCUT2D eigenvalue weighted by Gasteiger charge is 2.42. The Kier molecular flexibility index (Phi) is 5.62. The second-order valence-electron chi connectivity index (χ2n) is 5.90. The summed E-state index contributed by atoms with van der Waals surface area (Å²) in [5.41, 5.74) is 0. The molecule has 0 amide bonds. The molecule has 0 radical (unpaired) electrons. The maximum absolute atomic E-state index is 6.36. The fourth-order valence-electron chi connectivity index (χ4n) is 3.30. The lowest BCUT2D eigenvalue weighted by Gasteiger charge is -2.38. The SMILES string of the molecule is C=C(C[SiH]1CCCCO1)[Si]1(C(C)=CC)CCCCO1. The van der Waals surface area contributed by atoms with Crippen LogP contribution in [0.15, 0.2) is 23.0 Å². The summed E-state index contributed by atoms with van der Waals surface area (Å²) >= 11 is 0. The van der Waals surface area contributed by atoms with Gasteiger partial charge in [0.25, 0.3) is 0 Å². The molecule has 0 N–H and O–H groups in total. The summed E-state index contributed by atoms with van der Waals surface area (Å²) in [6.07, 6.45) is 7.40. The molecule has 0 aromatic heterocycles. The Bertz CT molecular complexity index is 340. The fraction of sp³-hybridized carbons (Fsp3) is 0.733. The molecular weight excluding hydrogens is 268 g/mol. The predicted molar refractivity (Wildman–Crippen MR) is 86.3 cm³/mol. The standard InChI is InChI=1S/C15H28O2Si2/c1-4-14(2)19(12-8-6-10-17-19)15(3)13-18-11-7-5-9-16-18/h4,18H,3,5-13H2,1-2H3. The molecule has 0 aromatic carbocycles. The van der Waals surface area contributed by atoms with Crippen molar-refractivity contribution in [2.75, 3.05) is 13.2 Å². The van der Waals surface area contributed by atoms with Crippen LogP contribution >= 0.6 is 0 Å². The fourth-order valence-corrected chi connectivity index (χ4v) is 11.2. The van der Waals surface area contributed by atoms with Gasteiger partial charge in [0, 0.05) is 13.2 Å². The third-order valence-corrected chi connectivity index (χ3v) is 12.4. The molecule has 108 valence electrons. The molecule has 2 heterocycles. The predicted octanol–water partition coefficient (Wildman–Crippen LogP) is 3.88. The van der Waals surface area contributed by atoms with E-state index in [-0.39, 0.29) is 0 Å². The van der Waals surface area contributed by atoms with Crippen LogP contribution in [0.2, 0.25) is 18.1 Å². The Morgan fingerprint density at radius 3 is 2.63 bits per heavy atom. The maximum atomic E-state index is 6.36. The first kappa shape index (κ1) is 15.2. The minimum atomic E-state index is -1.85. The van der Waals surface area contributed by atoms with Gasteiger partial charge in [-0.3, -0.25) is 0 Å². The van der Waals surface area contributed by atoms with Gasteiger partial charge in [-0.25, -0.2) is 0 Å². The monoisotopic (exact) mass is 296 g/mol. The van der Waals surface area contributed by atoms with E-state index in [1.165, 1.54) is 48.2 Å². The van der Waals surface area contributed by atoms with Crippen molar-refractivity contribution in [3.8, 4) is 0 Å². The highest BCUT2D eigenvalue weighted by Crippen LogP contribution is 2.36. The zero-order valence-electron chi connectivity index (χ0n) is 12.5. The average Bonchev–Trinajstić information content (AvgIpc) is 2.48.